The van der Waals surface area contributed by atoms with E-state index in [-0.39, 0.29) is 6.09 Å². The highest BCUT2D eigenvalue weighted by molar-refractivity contribution is 5.67. The first-order chi connectivity index (χ1) is 8.94. The van der Waals surface area contributed by atoms with Crippen LogP contribution in [-0.2, 0) is 4.74 Å². The van der Waals surface area contributed by atoms with Crippen LogP contribution in [0.3, 0.4) is 0 Å². The van der Waals surface area contributed by atoms with E-state index in [2.05, 4.69) is 10.2 Å². The van der Waals surface area contributed by atoms with Crippen LogP contribution >= 0.6 is 0 Å². The topological polar surface area (TPSA) is 41.6 Å². The van der Waals surface area contributed by atoms with Crippen molar-refractivity contribution < 1.29 is 9.53 Å². The summed E-state index contributed by atoms with van der Waals surface area (Å²) in [6.45, 7) is 8.77. The van der Waals surface area contributed by atoms with Crippen molar-refractivity contribution in [2.45, 2.75) is 64.5 Å². The monoisotopic (exact) mass is 268 g/mol. The lowest BCUT2D eigenvalue weighted by Crippen LogP contribution is -2.37. The molecule has 19 heavy (non-hydrogen) atoms. The maximum Gasteiger partial charge on any atom is 0.407 e. The fraction of sp³-hybridized carbons (Fsp3) is 0.933. The number of hydrogen-bond acceptors (Lipinski definition) is 3. The molecule has 0 aromatic rings. The van der Waals surface area contributed by atoms with Gasteiger partial charge in [0, 0.05) is 19.1 Å². The Labute approximate surface area is 116 Å². The fourth-order valence-electron chi connectivity index (χ4n) is 3.17. The first-order valence-electron chi connectivity index (χ1n) is 7.65. The molecule has 2 fully saturated rings. The van der Waals surface area contributed by atoms with Gasteiger partial charge >= 0.3 is 6.09 Å². The number of nitrogens with one attached hydrogen (secondary N) is 1. The van der Waals surface area contributed by atoms with Gasteiger partial charge in [0.2, 0.25) is 0 Å². The van der Waals surface area contributed by atoms with Gasteiger partial charge in [0.25, 0.3) is 0 Å². The summed E-state index contributed by atoms with van der Waals surface area (Å²) in [4.78, 5) is 14.2. The van der Waals surface area contributed by atoms with Gasteiger partial charge in [-0.15, -0.1) is 0 Å². The van der Waals surface area contributed by atoms with E-state index >= 15 is 0 Å². The minimum absolute atomic E-state index is 0.285. The SMILES string of the molecule is CC(C)(C)OC(=O)NC[C@H]1CCN(C2CCCC2)C1. The van der Waals surface area contributed by atoms with Crippen LogP contribution < -0.4 is 5.32 Å². The van der Waals surface area contributed by atoms with Gasteiger partial charge in [0.15, 0.2) is 0 Å². The van der Waals surface area contributed by atoms with E-state index in [4.69, 9.17) is 4.74 Å². The molecule has 4 nitrogen and oxygen atoms in total. The van der Waals surface area contributed by atoms with E-state index in [0.29, 0.717) is 5.92 Å². The zero-order valence-electron chi connectivity index (χ0n) is 12.6. The Morgan fingerprint density at radius 3 is 2.58 bits per heavy atom. The smallest absolute Gasteiger partial charge is 0.407 e. The van der Waals surface area contributed by atoms with Crippen molar-refractivity contribution in [1.29, 1.82) is 0 Å². The van der Waals surface area contributed by atoms with Crippen LogP contribution in [0.5, 0.6) is 0 Å². The Balaban J connectivity index is 1.66. The highest BCUT2D eigenvalue weighted by Gasteiger charge is 2.30. The molecule has 0 unspecified atom stereocenters. The van der Waals surface area contributed by atoms with Gasteiger partial charge in [-0.05, 0) is 52.5 Å². The normalized spacial score (nSPS) is 25.7. The van der Waals surface area contributed by atoms with E-state index in [0.717, 1.165) is 19.1 Å². The second-order valence-corrected chi connectivity index (χ2v) is 6.97. The van der Waals surface area contributed by atoms with Crippen molar-refractivity contribution in [3.05, 3.63) is 0 Å². The minimum Gasteiger partial charge on any atom is -0.444 e. The van der Waals surface area contributed by atoms with Crippen molar-refractivity contribution >= 4 is 6.09 Å². The van der Waals surface area contributed by atoms with E-state index in [1.54, 1.807) is 0 Å². The Hall–Kier alpha value is -0.770. The van der Waals surface area contributed by atoms with Crippen molar-refractivity contribution in [2.75, 3.05) is 19.6 Å². The van der Waals surface area contributed by atoms with E-state index in [1.165, 1.54) is 38.6 Å². The van der Waals surface area contributed by atoms with Crippen LogP contribution in [0, 0.1) is 5.92 Å². The van der Waals surface area contributed by atoms with Gasteiger partial charge in [-0.1, -0.05) is 12.8 Å². The van der Waals surface area contributed by atoms with E-state index < -0.39 is 5.60 Å². The summed E-state index contributed by atoms with van der Waals surface area (Å²) in [5.41, 5.74) is -0.407. The molecule has 1 saturated carbocycles. The van der Waals surface area contributed by atoms with Crippen LogP contribution in [0.2, 0.25) is 0 Å². The molecule has 0 aromatic heterocycles. The number of nitrogens with zero attached hydrogens (tertiary/aromatic N) is 1. The molecule has 4 heteroatoms. The number of likely N-dealkylation sites (tertiary alicyclic amines) is 1. The quantitative estimate of drug-likeness (QED) is 0.855. The number of amides is 1. The molecule has 1 saturated heterocycles. The van der Waals surface area contributed by atoms with Crippen molar-refractivity contribution in [1.82, 2.24) is 10.2 Å². The predicted molar refractivity (Wildman–Crippen MR) is 76.2 cm³/mol. The maximum absolute atomic E-state index is 11.6. The number of ether oxygens (including phenoxy) is 1. The van der Waals surface area contributed by atoms with E-state index in [9.17, 15) is 4.79 Å². The van der Waals surface area contributed by atoms with Gasteiger partial charge in [0.05, 0.1) is 0 Å². The third-order valence-corrected chi connectivity index (χ3v) is 4.09. The summed E-state index contributed by atoms with van der Waals surface area (Å²) in [7, 11) is 0. The average Bonchev–Trinajstić information content (AvgIpc) is 2.95. The van der Waals surface area contributed by atoms with Gasteiger partial charge < -0.3 is 15.0 Å². The average molecular weight is 268 g/mol. The summed E-state index contributed by atoms with van der Waals surface area (Å²) in [5, 5.41) is 2.90. The lowest BCUT2D eigenvalue weighted by atomic mass is 10.1. The van der Waals surface area contributed by atoms with Crippen LogP contribution in [-0.4, -0.2) is 42.3 Å². The van der Waals surface area contributed by atoms with Crippen molar-refractivity contribution in [3.63, 3.8) is 0 Å². The Kier molecular flexibility index (Phi) is 4.71. The van der Waals surface area contributed by atoms with Crippen molar-refractivity contribution in [3.8, 4) is 0 Å². The zero-order valence-corrected chi connectivity index (χ0v) is 12.6. The highest BCUT2D eigenvalue weighted by Crippen LogP contribution is 2.28. The maximum atomic E-state index is 11.6. The first kappa shape index (κ1) is 14.6. The molecule has 0 aromatic carbocycles. The molecule has 1 aliphatic heterocycles. The molecule has 1 amide bonds. The Morgan fingerprint density at radius 2 is 1.95 bits per heavy atom. The van der Waals surface area contributed by atoms with Gasteiger partial charge in [-0.2, -0.15) is 0 Å². The lowest BCUT2D eigenvalue weighted by Gasteiger charge is -2.24. The third-order valence-electron chi connectivity index (χ3n) is 4.09. The van der Waals surface area contributed by atoms with Crippen LogP contribution in [0.1, 0.15) is 52.9 Å². The predicted octanol–water partition coefficient (Wildman–Crippen LogP) is 2.78. The Morgan fingerprint density at radius 1 is 1.26 bits per heavy atom. The largest absolute Gasteiger partial charge is 0.444 e. The van der Waals surface area contributed by atoms with Crippen molar-refractivity contribution in [2.24, 2.45) is 5.92 Å². The van der Waals surface area contributed by atoms with Crippen LogP contribution in [0.25, 0.3) is 0 Å². The second-order valence-electron chi connectivity index (χ2n) is 6.97. The number of carbonyl (C=O) groups is 1. The molecule has 2 rings (SSSR count). The summed E-state index contributed by atoms with van der Waals surface area (Å²) >= 11 is 0. The third kappa shape index (κ3) is 4.68. The molecule has 0 radical (unpaired) electrons. The Bertz CT molecular complexity index is 306. The number of alkyl carbamates (subject to hydrolysis) is 1. The molecular formula is C15H28N2O2. The second kappa shape index (κ2) is 6.12. The summed E-state index contributed by atoms with van der Waals surface area (Å²) in [6, 6.07) is 0.812. The zero-order chi connectivity index (χ0) is 13.9. The number of rotatable bonds is 3. The van der Waals surface area contributed by atoms with Gasteiger partial charge in [-0.25, -0.2) is 4.79 Å². The lowest BCUT2D eigenvalue weighted by molar-refractivity contribution is 0.0519. The molecule has 1 atom stereocenters. The van der Waals surface area contributed by atoms with Crippen LogP contribution in [0.15, 0.2) is 0 Å². The molecule has 0 bridgehead atoms. The van der Waals surface area contributed by atoms with Gasteiger partial charge in [-0.3, -0.25) is 0 Å². The minimum atomic E-state index is -0.407. The molecule has 2 aliphatic rings. The standard InChI is InChI=1S/C15H28N2O2/c1-15(2,3)19-14(18)16-10-12-8-9-17(11-12)13-6-4-5-7-13/h12-13H,4-11H2,1-3H3,(H,16,18)/t12-/m1/s1. The molecule has 0 spiro atoms. The van der Waals surface area contributed by atoms with Gasteiger partial charge in [0.1, 0.15) is 5.60 Å². The molecule has 110 valence electrons. The molecule has 1 N–H and O–H groups in total. The fourth-order valence-corrected chi connectivity index (χ4v) is 3.17. The number of hydrogen-bond donors (Lipinski definition) is 1. The molecule has 1 aliphatic carbocycles. The summed E-state index contributed by atoms with van der Waals surface area (Å²) in [6.07, 6.45) is 6.43. The van der Waals surface area contributed by atoms with E-state index in [1.807, 2.05) is 20.8 Å². The van der Waals surface area contributed by atoms with Crippen LogP contribution in [0.4, 0.5) is 4.79 Å². The first-order valence-corrected chi connectivity index (χ1v) is 7.65. The molecular weight excluding hydrogens is 240 g/mol. The molecule has 1 heterocycles. The summed E-state index contributed by atoms with van der Waals surface area (Å²) in [5.74, 6) is 0.591. The summed E-state index contributed by atoms with van der Waals surface area (Å²) < 4.78 is 5.26. The highest BCUT2D eigenvalue weighted by atomic mass is 16.6. The number of carbonyl (C=O) groups excluding carboxylic acids is 1.